The lowest BCUT2D eigenvalue weighted by atomic mass is 10.0. The van der Waals surface area contributed by atoms with Crippen LogP contribution in [0, 0.1) is 0 Å². The minimum absolute atomic E-state index is 0.166. The predicted octanol–water partition coefficient (Wildman–Crippen LogP) is 5.03. The highest BCUT2D eigenvalue weighted by Crippen LogP contribution is 2.32. The number of benzene rings is 2. The molecule has 9 heteroatoms. The van der Waals surface area contributed by atoms with E-state index in [1.807, 2.05) is 36.0 Å². The van der Waals surface area contributed by atoms with E-state index in [4.69, 9.17) is 17.3 Å². The Morgan fingerprint density at radius 2 is 1.76 bits per heavy atom. The van der Waals surface area contributed by atoms with Crippen molar-refractivity contribution in [3.05, 3.63) is 83.8 Å². The number of aromatic nitrogens is 3. The molecular weight excluding hydrogens is 440 g/mol. The average molecular weight is 461 g/mol. The fraction of sp³-hybridized carbons (Fsp3) is 0.0833. The molecule has 166 valence electrons. The first-order chi connectivity index (χ1) is 15.9. The van der Waals surface area contributed by atoms with Crippen molar-refractivity contribution in [2.45, 2.75) is 13.5 Å². The van der Waals surface area contributed by atoms with Gasteiger partial charge < -0.3 is 16.4 Å². The van der Waals surface area contributed by atoms with Crippen molar-refractivity contribution < 1.29 is 9.59 Å². The Bertz CT molecular complexity index is 1320. The van der Waals surface area contributed by atoms with E-state index in [2.05, 4.69) is 20.7 Å². The summed E-state index contributed by atoms with van der Waals surface area (Å²) in [5.74, 6) is -0.605. The molecule has 3 amide bonds. The Morgan fingerprint density at radius 3 is 2.48 bits per heavy atom. The molecule has 33 heavy (non-hydrogen) atoms. The Balaban J connectivity index is 1.62. The van der Waals surface area contributed by atoms with Crippen molar-refractivity contribution in [3.63, 3.8) is 0 Å². The molecule has 0 aliphatic rings. The van der Waals surface area contributed by atoms with Gasteiger partial charge >= 0.3 is 6.03 Å². The summed E-state index contributed by atoms with van der Waals surface area (Å²) in [6.07, 6.45) is 3.45. The number of carbonyl (C=O) groups is 2. The highest BCUT2D eigenvalue weighted by Gasteiger charge is 2.15. The minimum Gasteiger partial charge on any atom is -0.364 e. The second-order valence-corrected chi connectivity index (χ2v) is 7.64. The lowest BCUT2D eigenvalue weighted by Crippen LogP contribution is -2.19. The maximum atomic E-state index is 12.4. The zero-order valence-corrected chi connectivity index (χ0v) is 18.5. The van der Waals surface area contributed by atoms with E-state index in [1.165, 1.54) is 6.20 Å². The number of nitrogens with two attached hydrogens (primary N) is 1. The largest absolute Gasteiger partial charge is 0.364 e. The first kappa shape index (κ1) is 22.0. The van der Waals surface area contributed by atoms with Gasteiger partial charge in [0.05, 0.1) is 0 Å². The summed E-state index contributed by atoms with van der Waals surface area (Å²) in [7, 11) is 0. The fourth-order valence-corrected chi connectivity index (χ4v) is 3.44. The molecule has 0 bridgehead atoms. The highest BCUT2D eigenvalue weighted by molar-refractivity contribution is 6.30. The number of aryl methyl sites for hydroxylation is 1. The monoisotopic (exact) mass is 460 g/mol. The van der Waals surface area contributed by atoms with Crippen molar-refractivity contribution in [2.75, 3.05) is 10.6 Å². The Morgan fingerprint density at radius 1 is 1.00 bits per heavy atom. The molecule has 2 aromatic carbocycles. The van der Waals surface area contributed by atoms with Gasteiger partial charge in [0.25, 0.3) is 5.91 Å². The van der Waals surface area contributed by atoms with Crippen molar-refractivity contribution in [1.29, 1.82) is 0 Å². The number of pyridine rings is 1. The van der Waals surface area contributed by atoms with E-state index >= 15 is 0 Å². The zero-order chi connectivity index (χ0) is 23.4. The molecule has 0 fully saturated rings. The van der Waals surface area contributed by atoms with E-state index in [9.17, 15) is 9.59 Å². The second-order valence-electron chi connectivity index (χ2n) is 7.21. The Kier molecular flexibility index (Phi) is 6.37. The third kappa shape index (κ3) is 5.19. The van der Waals surface area contributed by atoms with Crippen molar-refractivity contribution in [1.82, 2.24) is 14.8 Å². The zero-order valence-electron chi connectivity index (χ0n) is 17.7. The normalized spacial score (nSPS) is 10.6. The number of primary amides is 1. The van der Waals surface area contributed by atoms with E-state index in [1.54, 1.807) is 42.5 Å². The maximum Gasteiger partial charge on any atom is 0.323 e. The predicted molar refractivity (Wildman–Crippen MR) is 129 cm³/mol. The topological polar surface area (TPSA) is 115 Å². The van der Waals surface area contributed by atoms with E-state index < -0.39 is 5.91 Å². The molecule has 0 spiro atoms. The van der Waals surface area contributed by atoms with Crippen LogP contribution in [0.4, 0.5) is 16.2 Å². The smallest absolute Gasteiger partial charge is 0.323 e. The highest BCUT2D eigenvalue weighted by atomic mass is 35.5. The Hall–Kier alpha value is -4.17. The standard InChI is InChI=1S/C24H21ClN6O2/c1-2-31-14-20(22(30-31)16-10-11-27-21(13-16)23(26)32)15-4-3-5-19(12-15)29-24(33)28-18-8-6-17(25)7-9-18/h3-14H,2H2,1H3,(H2,26,32)(H2,28,29,33). The first-order valence-electron chi connectivity index (χ1n) is 10.2. The summed E-state index contributed by atoms with van der Waals surface area (Å²) >= 11 is 5.89. The third-order valence-electron chi connectivity index (χ3n) is 4.91. The van der Waals surface area contributed by atoms with Crippen LogP contribution in [0.2, 0.25) is 5.02 Å². The van der Waals surface area contributed by atoms with Crippen LogP contribution in [0.1, 0.15) is 17.4 Å². The van der Waals surface area contributed by atoms with Crippen molar-refractivity contribution in [2.24, 2.45) is 5.73 Å². The lowest BCUT2D eigenvalue weighted by Gasteiger charge is -2.10. The number of hydrogen-bond donors (Lipinski definition) is 3. The van der Waals surface area contributed by atoms with Crippen LogP contribution in [0.5, 0.6) is 0 Å². The lowest BCUT2D eigenvalue weighted by molar-refractivity contribution is 0.0995. The Labute approximate surface area is 195 Å². The maximum absolute atomic E-state index is 12.4. The van der Waals surface area contributed by atoms with Gasteiger partial charge in [0.2, 0.25) is 0 Å². The van der Waals surface area contributed by atoms with Gasteiger partial charge in [-0.25, -0.2) is 4.79 Å². The van der Waals surface area contributed by atoms with Crippen molar-refractivity contribution >= 4 is 34.9 Å². The minimum atomic E-state index is -0.605. The first-order valence-corrected chi connectivity index (χ1v) is 10.6. The van der Waals surface area contributed by atoms with Crippen molar-refractivity contribution in [3.8, 4) is 22.4 Å². The number of nitrogens with zero attached hydrogens (tertiary/aromatic N) is 3. The van der Waals surface area contributed by atoms with Gasteiger partial charge in [-0.1, -0.05) is 23.7 Å². The van der Waals surface area contributed by atoms with Gasteiger partial charge in [0.1, 0.15) is 11.4 Å². The van der Waals surface area contributed by atoms with Crippen LogP contribution >= 0.6 is 11.6 Å². The molecule has 0 atom stereocenters. The van der Waals surface area contributed by atoms with Gasteiger partial charge in [0, 0.05) is 46.5 Å². The molecular formula is C24H21ClN6O2. The molecule has 0 unspecified atom stereocenters. The van der Waals surface area contributed by atoms with Crippen LogP contribution in [-0.2, 0) is 6.54 Å². The summed E-state index contributed by atoms with van der Waals surface area (Å²) in [6, 6.07) is 17.3. The molecule has 2 heterocycles. The van der Waals surface area contributed by atoms with Gasteiger partial charge in [-0.3, -0.25) is 14.5 Å². The number of rotatable bonds is 6. The number of hydrogen-bond acceptors (Lipinski definition) is 4. The average Bonchev–Trinajstić information content (AvgIpc) is 3.25. The van der Waals surface area contributed by atoms with Crippen LogP contribution in [0.15, 0.2) is 73.1 Å². The molecule has 8 nitrogen and oxygen atoms in total. The fourth-order valence-electron chi connectivity index (χ4n) is 3.31. The number of nitrogens with one attached hydrogen (secondary N) is 2. The summed E-state index contributed by atoms with van der Waals surface area (Å²) in [5.41, 5.74) is 9.90. The van der Waals surface area contributed by atoms with Gasteiger partial charge in [-0.15, -0.1) is 0 Å². The molecule has 0 saturated heterocycles. The summed E-state index contributed by atoms with van der Waals surface area (Å²) < 4.78 is 1.81. The van der Waals surface area contributed by atoms with Gasteiger partial charge in [0.15, 0.2) is 0 Å². The summed E-state index contributed by atoms with van der Waals surface area (Å²) in [5, 5.41) is 10.9. The number of amides is 3. The van der Waals surface area contributed by atoms with E-state index in [-0.39, 0.29) is 11.7 Å². The van der Waals surface area contributed by atoms with Crippen LogP contribution in [-0.4, -0.2) is 26.7 Å². The molecule has 4 N–H and O–H groups in total. The second kappa shape index (κ2) is 9.54. The molecule has 2 aromatic heterocycles. The third-order valence-corrected chi connectivity index (χ3v) is 5.16. The summed E-state index contributed by atoms with van der Waals surface area (Å²) in [4.78, 5) is 28.0. The number of anilines is 2. The summed E-state index contributed by atoms with van der Waals surface area (Å²) in [6.45, 7) is 2.66. The SMILES string of the molecule is CCn1cc(-c2cccc(NC(=O)Nc3ccc(Cl)cc3)c2)c(-c2ccnc(C(N)=O)c2)n1. The molecule has 4 rings (SSSR count). The molecule has 0 aliphatic heterocycles. The molecule has 0 aliphatic carbocycles. The quantitative estimate of drug-likeness (QED) is 0.374. The number of urea groups is 1. The van der Waals surface area contributed by atoms with Gasteiger partial charge in [-0.2, -0.15) is 5.10 Å². The number of carbonyl (C=O) groups excluding carboxylic acids is 2. The molecule has 4 aromatic rings. The van der Waals surface area contributed by atoms with Crippen LogP contribution in [0.3, 0.4) is 0 Å². The number of halogens is 1. The van der Waals surface area contributed by atoms with E-state index in [0.717, 1.165) is 16.7 Å². The molecule has 0 saturated carbocycles. The van der Waals surface area contributed by atoms with Crippen LogP contribution in [0.25, 0.3) is 22.4 Å². The van der Waals surface area contributed by atoms with Gasteiger partial charge in [-0.05, 0) is 61.0 Å². The van der Waals surface area contributed by atoms with E-state index in [0.29, 0.717) is 28.6 Å². The van der Waals surface area contributed by atoms with Crippen LogP contribution < -0.4 is 16.4 Å². The molecule has 0 radical (unpaired) electrons.